The molecule has 26 heavy (non-hydrogen) atoms. The van der Waals surface area contributed by atoms with E-state index >= 15 is 0 Å². The standard InChI is InChI=1S/C18H16O8/c1-6-4-10(20)9(5-19)16-11(6)18(24)26-15-8(3)13(21)12(17(22)23)7(2)14(15)25-16/h4,19-21H,5H2,1-3H3,(H,22,23). The summed E-state index contributed by atoms with van der Waals surface area (Å²) in [7, 11) is 0. The average Bonchev–Trinajstić information content (AvgIpc) is 2.70. The van der Waals surface area contributed by atoms with Gasteiger partial charge in [-0.2, -0.15) is 0 Å². The number of carbonyl (C=O) groups excluding carboxylic acids is 1. The zero-order valence-electron chi connectivity index (χ0n) is 14.2. The highest BCUT2D eigenvalue weighted by Gasteiger charge is 2.34. The van der Waals surface area contributed by atoms with E-state index in [1.165, 1.54) is 19.9 Å². The molecule has 0 radical (unpaired) electrons. The number of aliphatic hydroxyl groups is 1. The summed E-state index contributed by atoms with van der Waals surface area (Å²) < 4.78 is 11.1. The van der Waals surface area contributed by atoms with Gasteiger partial charge in [-0.05, 0) is 32.4 Å². The predicted molar refractivity (Wildman–Crippen MR) is 88.3 cm³/mol. The molecule has 0 spiro atoms. The van der Waals surface area contributed by atoms with E-state index in [9.17, 15) is 30.0 Å². The van der Waals surface area contributed by atoms with Crippen molar-refractivity contribution in [3.63, 3.8) is 0 Å². The fourth-order valence-electron chi connectivity index (χ4n) is 3.01. The molecule has 3 rings (SSSR count). The van der Waals surface area contributed by atoms with E-state index in [-0.39, 0.29) is 50.8 Å². The lowest BCUT2D eigenvalue weighted by Crippen LogP contribution is -2.11. The number of rotatable bonds is 2. The Morgan fingerprint density at radius 1 is 1.04 bits per heavy atom. The Labute approximate surface area is 147 Å². The van der Waals surface area contributed by atoms with Crippen molar-refractivity contribution in [2.75, 3.05) is 0 Å². The third-order valence-corrected chi connectivity index (χ3v) is 4.39. The highest BCUT2D eigenvalue weighted by Crippen LogP contribution is 2.49. The summed E-state index contributed by atoms with van der Waals surface area (Å²) in [6, 6.07) is 1.30. The van der Waals surface area contributed by atoms with Crippen molar-refractivity contribution in [1.82, 2.24) is 0 Å². The van der Waals surface area contributed by atoms with E-state index in [2.05, 4.69) is 0 Å². The van der Waals surface area contributed by atoms with E-state index < -0.39 is 24.3 Å². The summed E-state index contributed by atoms with van der Waals surface area (Å²) >= 11 is 0. The number of esters is 1. The summed E-state index contributed by atoms with van der Waals surface area (Å²) in [5.74, 6) is -3.29. The minimum atomic E-state index is -1.38. The normalized spacial score (nSPS) is 12.5. The maximum Gasteiger partial charge on any atom is 0.347 e. The molecule has 1 heterocycles. The molecule has 0 unspecified atom stereocenters. The summed E-state index contributed by atoms with van der Waals surface area (Å²) in [5.41, 5.74) is 0.00185. The monoisotopic (exact) mass is 360 g/mol. The number of ether oxygens (including phenoxy) is 2. The SMILES string of the molecule is Cc1cc(O)c(CO)c2c1C(=O)Oc1c(C)c(O)c(C(=O)O)c(C)c1O2. The van der Waals surface area contributed by atoms with Crippen molar-refractivity contribution in [1.29, 1.82) is 0 Å². The van der Waals surface area contributed by atoms with Crippen molar-refractivity contribution < 1.29 is 39.5 Å². The molecule has 0 bridgehead atoms. The molecule has 0 aromatic heterocycles. The zero-order valence-corrected chi connectivity index (χ0v) is 14.2. The minimum absolute atomic E-state index is 0.00165. The highest BCUT2D eigenvalue weighted by molar-refractivity contribution is 6.00. The van der Waals surface area contributed by atoms with Crippen LogP contribution in [0.2, 0.25) is 0 Å². The van der Waals surface area contributed by atoms with Gasteiger partial charge in [0.1, 0.15) is 22.6 Å². The fourth-order valence-corrected chi connectivity index (χ4v) is 3.01. The van der Waals surface area contributed by atoms with Crippen LogP contribution in [0.4, 0.5) is 0 Å². The average molecular weight is 360 g/mol. The molecular weight excluding hydrogens is 344 g/mol. The second kappa shape index (κ2) is 5.92. The van der Waals surface area contributed by atoms with Crippen LogP contribution in [0.3, 0.4) is 0 Å². The number of phenols is 2. The minimum Gasteiger partial charge on any atom is -0.507 e. The number of hydrogen-bond acceptors (Lipinski definition) is 7. The Morgan fingerprint density at radius 3 is 2.23 bits per heavy atom. The van der Waals surface area contributed by atoms with Gasteiger partial charge in [-0.3, -0.25) is 0 Å². The van der Waals surface area contributed by atoms with Gasteiger partial charge < -0.3 is 29.9 Å². The number of hydrogen-bond donors (Lipinski definition) is 4. The smallest absolute Gasteiger partial charge is 0.347 e. The lowest BCUT2D eigenvalue weighted by molar-refractivity contribution is 0.0692. The van der Waals surface area contributed by atoms with E-state index in [0.29, 0.717) is 5.56 Å². The molecule has 0 fully saturated rings. The molecule has 8 nitrogen and oxygen atoms in total. The van der Waals surface area contributed by atoms with Gasteiger partial charge >= 0.3 is 11.9 Å². The Balaban J connectivity index is 2.40. The largest absolute Gasteiger partial charge is 0.507 e. The fraction of sp³-hybridized carbons (Fsp3) is 0.222. The van der Waals surface area contributed by atoms with Crippen LogP contribution in [-0.4, -0.2) is 32.4 Å². The first-order valence-electron chi connectivity index (χ1n) is 7.64. The number of aromatic hydroxyl groups is 2. The van der Waals surface area contributed by atoms with Gasteiger partial charge in [-0.15, -0.1) is 0 Å². The summed E-state index contributed by atoms with van der Waals surface area (Å²) in [5, 5.41) is 39.2. The number of fused-ring (bicyclic) bond motifs is 2. The number of aliphatic hydroxyl groups excluding tert-OH is 1. The molecule has 4 N–H and O–H groups in total. The van der Waals surface area contributed by atoms with Crippen LogP contribution in [0.25, 0.3) is 0 Å². The maximum atomic E-state index is 12.6. The molecule has 0 saturated carbocycles. The molecule has 0 amide bonds. The van der Waals surface area contributed by atoms with Crippen molar-refractivity contribution >= 4 is 11.9 Å². The topological polar surface area (TPSA) is 134 Å². The molecule has 2 aromatic carbocycles. The van der Waals surface area contributed by atoms with Crippen molar-refractivity contribution in [2.24, 2.45) is 0 Å². The molecule has 1 aliphatic rings. The van der Waals surface area contributed by atoms with Crippen LogP contribution in [0.5, 0.6) is 28.7 Å². The van der Waals surface area contributed by atoms with Crippen LogP contribution in [0, 0.1) is 20.8 Å². The first kappa shape index (κ1) is 17.6. The van der Waals surface area contributed by atoms with E-state index in [0.717, 1.165) is 0 Å². The zero-order chi connectivity index (χ0) is 19.3. The van der Waals surface area contributed by atoms with Gasteiger partial charge in [-0.25, -0.2) is 9.59 Å². The Kier molecular flexibility index (Phi) is 4.00. The Morgan fingerprint density at radius 2 is 1.65 bits per heavy atom. The highest BCUT2D eigenvalue weighted by atomic mass is 16.6. The second-order valence-corrected chi connectivity index (χ2v) is 5.98. The van der Waals surface area contributed by atoms with Gasteiger partial charge in [0.15, 0.2) is 17.2 Å². The predicted octanol–water partition coefficient (Wildman–Crippen LogP) is 2.54. The Hall–Kier alpha value is -3.26. The molecule has 0 saturated heterocycles. The number of aromatic carboxylic acids is 1. The van der Waals surface area contributed by atoms with Gasteiger partial charge in [0.05, 0.1) is 12.2 Å². The van der Waals surface area contributed by atoms with Crippen LogP contribution < -0.4 is 9.47 Å². The van der Waals surface area contributed by atoms with E-state index in [1.807, 2.05) is 0 Å². The first-order valence-corrected chi connectivity index (χ1v) is 7.64. The lowest BCUT2D eigenvalue weighted by atomic mass is 10.0. The number of carboxylic acids is 1. The third-order valence-electron chi connectivity index (χ3n) is 4.39. The van der Waals surface area contributed by atoms with Gasteiger partial charge in [0, 0.05) is 11.1 Å². The quantitative estimate of drug-likeness (QED) is 0.474. The maximum absolute atomic E-state index is 12.6. The third kappa shape index (κ3) is 2.34. The van der Waals surface area contributed by atoms with Crippen molar-refractivity contribution in [2.45, 2.75) is 27.4 Å². The number of aryl methyl sites for hydroxylation is 1. The van der Waals surface area contributed by atoms with E-state index in [4.69, 9.17) is 9.47 Å². The first-order chi connectivity index (χ1) is 12.2. The van der Waals surface area contributed by atoms with Crippen molar-refractivity contribution in [3.8, 4) is 28.7 Å². The molecule has 0 aliphatic carbocycles. The van der Waals surface area contributed by atoms with Gasteiger partial charge in [0.2, 0.25) is 0 Å². The molecular formula is C18H16O8. The van der Waals surface area contributed by atoms with Crippen LogP contribution in [0.15, 0.2) is 6.07 Å². The molecule has 136 valence electrons. The van der Waals surface area contributed by atoms with Crippen molar-refractivity contribution in [3.05, 3.63) is 39.4 Å². The van der Waals surface area contributed by atoms with E-state index in [1.54, 1.807) is 6.92 Å². The second-order valence-electron chi connectivity index (χ2n) is 5.98. The van der Waals surface area contributed by atoms with Gasteiger partial charge in [-0.1, -0.05) is 0 Å². The number of carbonyl (C=O) groups is 2. The van der Waals surface area contributed by atoms with Crippen LogP contribution >= 0.6 is 0 Å². The Bertz CT molecular complexity index is 974. The summed E-state index contributed by atoms with van der Waals surface area (Å²) in [6.45, 7) is 3.73. The van der Waals surface area contributed by atoms with Crippen LogP contribution in [0.1, 0.15) is 43.0 Å². The number of carboxylic acid groups (broad SMARTS) is 1. The molecule has 2 aromatic rings. The number of benzene rings is 2. The van der Waals surface area contributed by atoms with Crippen LogP contribution in [-0.2, 0) is 6.61 Å². The molecule has 1 aliphatic heterocycles. The lowest BCUT2D eigenvalue weighted by Gasteiger charge is -2.17. The molecule has 8 heteroatoms. The molecule has 0 atom stereocenters. The van der Waals surface area contributed by atoms with Gasteiger partial charge in [0.25, 0.3) is 0 Å². The summed E-state index contributed by atoms with van der Waals surface area (Å²) in [6.07, 6.45) is 0. The summed E-state index contributed by atoms with van der Waals surface area (Å²) in [4.78, 5) is 24.1.